The predicted molar refractivity (Wildman–Crippen MR) is 92.3 cm³/mol. The number of para-hydroxylation sites is 1. The quantitative estimate of drug-likeness (QED) is 0.909. The smallest absolute Gasteiger partial charge is 0.241 e. The number of fused-ring (bicyclic) bond motifs is 2. The molecule has 1 aliphatic carbocycles. The van der Waals surface area contributed by atoms with Crippen LogP contribution in [0.3, 0.4) is 0 Å². The minimum Gasteiger partial charge on any atom is -0.327 e. The molecular weight excluding hydrogens is 286 g/mol. The molecule has 0 spiro atoms. The highest BCUT2D eigenvalue weighted by Gasteiger charge is 2.40. The maximum absolute atomic E-state index is 12.9. The molecule has 1 saturated carbocycles. The molecule has 4 rings (SSSR count). The highest BCUT2D eigenvalue weighted by Crippen LogP contribution is 2.36. The van der Waals surface area contributed by atoms with E-state index in [9.17, 15) is 4.79 Å². The van der Waals surface area contributed by atoms with Crippen molar-refractivity contribution < 1.29 is 4.79 Å². The summed E-state index contributed by atoms with van der Waals surface area (Å²) in [6, 6.07) is 8.92. The van der Waals surface area contributed by atoms with E-state index in [1.165, 1.54) is 18.4 Å². The Bertz CT molecular complexity index is 602. The van der Waals surface area contributed by atoms with Gasteiger partial charge in [-0.15, -0.1) is 0 Å². The van der Waals surface area contributed by atoms with Crippen molar-refractivity contribution in [2.45, 2.75) is 44.7 Å². The number of rotatable bonds is 2. The van der Waals surface area contributed by atoms with Crippen LogP contribution in [-0.2, 0) is 11.2 Å². The minimum atomic E-state index is 0.245. The van der Waals surface area contributed by atoms with E-state index in [4.69, 9.17) is 5.73 Å². The first kappa shape index (κ1) is 15.2. The molecule has 2 fully saturated rings. The average Bonchev–Trinajstić information content (AvgIpc) is 3.07. The van der Waals surface area contributed by atoms with Gasteiger partial charge in [-0.1, -0.05) is 24.6 Å². The maximum atomic E-state index is 12.9. The molecule has 23 heavy (non-hydrogen) atoms. The first-order valence-corrected chi connectivity index (χ1v) is 9.01. The summed E-state index contributed by atoms with van der Waals surface area (Å²) in [7, 11) is 0. The molecule has 1 amide bonds. The SMILES string of the molecule is CC1Cc2ccccc2N1C(=O)CN1CC2CCCC(N)C2C1. The number of nitrogens with two attached hydrogens (primary N) is 1. The van der Waals surface area contributed by atoms with Gasteiger partial charge in [0, 0.05) is 30.9 Å². The van der Waals surface area contributed by atoms with Crippen LogP contribution in [0.4, 0.5) is 5.69 Å². The first-order chi connectivity index (χ1) is 11.1. The fourth-order valence-corrected chi connectivity index (χ4v) is 4.95. The molecule has 2 N–H and O–H groups in total. The van der Waals surface area contributed by atoms with E-state index in [-0.39, 0.29) is 11.9 Å². The Balaban J connectivity index is 1.45. The molecule has 4 unspecified atom stereocenters. The maximum Gasteiger partial charge on any atom is 0.241 e. The number of hydrogen-bond acceptors (Lipinski definition) is 3. The largest absolute Gasteiger partial charge is 0.327 e. The third kappa shape index (κ3) is 2.68. The van der Waals surface area contributed by atoms with Crippen LogP contribution in [0.15, 0.2) is 24.3 Å². The third-order valence-corrected chi connectivity index (χ3v) is 6.06. The van der Waals surface area contributed by atoms with Gasteiger partial charge in [-0.2, -0.15) is 0 Å². The molecule has 3 aliphatic rings. The van der Waals surface area contributed by atoms with Gasteiger partial charge in [0.2, 0.25) is 5.91 Å². The zero-order valence-corrected chi connectivity index (χ0v) is 13.9. The van der Waals surface area contributed by atoms with E-state index in [0.717, 1.165) is 31.6 Å². The van der Waals surface area contributed by atoms with Crippen molar-refractivity contribution in [2.75, 3.05) is 24.5 Å². The Kier molecular flexibility index (Phi) is 3.90. The molecule has 2 aliphatic heterocycles. The van der Waals surface area contributed by atoms with Crippen LogP contribution in [-0.4, -0.2) is 42.5 Å². The number of benzene rings is 1. The topological polar surface area (TPSA) is 49.6 Å². The molecule has 2 heterocycles. The molecule has 1 saturated heterocycles. The lowest BCUT2D eigenvalue weighted by atomic mass is 9.78. The minimum absolute atomic E-state index is 0.245. The van der Waals surface area contributed by atoms with Gasteiger partial charge in [-0.25, -0.2) is 0 Å². The van der Waals surface area contributed by atoms with Crippen LogP contribution in [0.5, 0.6) is 0 Å². The van der Waals surface area contributed by atoms with Gasteiger partial charge in [0.25, 0.3) is 0 Å². The number of nitrogens with zero attached hydrogens (tertiary/aromatic N) is 2. The standard InChI is InChI=1S/C19H27N3O/c1-13-9-14-5-2-3-8-18(14)22(13)19(23)12-21-10-15-6-4-7-17(20)16(15)11-21/h2-3,5,8,13,15-17H,4,6-7,9-12,20H2,1H3. The monoisotopic (exact) mass is 313 g/mol. The van der Waals surface area contributed by atoms with Crippen molar-refractivity contribution in [1.29, 1.82) is 0 Å². The van der Waals surface area contributed by atoms with E-state index in [2.05, 4.69) is 30.0 Å². The lowest BCUT2D eigenvalue weighted by Crippen LogP contribution is -2.43. The van der Waals surface area contributed by atoms with E-state index in [1.54, 1.807) is 0 Å². The molecule has 4 nitrogen and oxygen atoms in total. The summed E-state index contributed by atoms with van der Waals surface area (Å²) in [4.78, 5) is 17.3. The van der Waals surface area contributed by atoms with Crippen LogP contribution in [0, 0.1) is 11.8 Å². The van der Waals surface area contributed by atoms with E-state index < -0.39 is 0 Å². The van der Waals surface area contributed by atoms with Crippen LogP contribution in [0.2, 0.25) is 0 Å². The second-order valence-corrected chi connectivity index (χ2v) is 7.66. The summed E-state index contributed by atoms with van der Waals surface area (Å²) in [5.74, 6) is 1.55. The van der Waals surface area contributed by atoms with Crippen molar-refractivity contribution in [2.24, 2.45) is 17.6 Å². The van der Waals surface area contributed by atoms with Crippen molar-refractivity contribution >= 4 is 11.6 Å². The normalized spacial score (nSPS) is 33.6. The lowest BCUT2D eigenvalue weighted by Gasteiger charge is -2.30. The van der Waals surface area contributed by atoms with E-state index in [1.807, 2.05) is 11.0 Å². The second kappa shape index (κ2) is 5.91. The molecule has 1 aromatic carbocycles. The molecule has 1 aromatic rings. The number of anilines is 1. The summed E-state index contributed by atoms with van der Waals surface area (Å²) in [6.45, 7) is 4.74. The number of carbonyl (C=O) groups excluding carboxylic acids is 1. The second-order valence-electron chi connectivity index (χ2n) is 7.66. The van der Waals surface area contributed by atoms with Gasteiger partial charge < -0.3 is 10.6 Å². The zero-order chi connectivity index (χ0) is 16.0. The van der Waals surface area contributed by atoms with Crippen molar-refractivity contribution in [3.05, 3.63) is 29.8 Å². The van der Waals surface area contributed by atoms with Crippen LogP contribution < -0.4 is 10.6 Å². The van der Waals surface area contributed by atoms with Gasteiger partial charge in [-0.05, 0) is 49.7 Å². The molecule has 0 radical (unpaired) electrons. The van der Waals surface area contributed by atoms with Gasteiger partial charge in [-0.3, -0.25) is 9.69 Å². The summed E-state index contributed by atoms with van der Waals surface area (Å²) in [5.41, 5.74) is 8.70. The van der Waals surface area contributed by atoms with Crippen molar-refractivity contribution in [3.8, 4) is 0 Å². The predicted octanol–water partition coefficient (Wildman–Crippen LogP) is 2.02. The van der Waals surface area contributed by atoms with Crippen LogP contribution in [0.1, 0.15) is 31.7 Å². The average molecular weight is 313 g/mol. The highest BCUT2D eigenvalue weighted by atomic mass is 16.2. The van der Waals surface area contributed by atoms with Gasteiger partial charge >= 0.3 is 0 Å². The van der Waals surface area contributed by atoms with Gasteiger partial charge in [0.1, 0.15) is 0 Å². The molecular formula is C19H27N3O. The van der Waals surface area contributed by atoms with E-state index in [0.29, 0.717) is 24.4 Å². The summed E-state index contributed by atoms with van der Waals surface area (Å²) >= 11 is 0. The number of carbonyl (C=O) groups is 1. The van der Waals surface area contributed by atoms with E-state index >= 15 is 0 Å². The zero-order valence-electron chi connectivity index (χ0n) is 13.9. The van der Waals surface area contributed by atoms with Crippen LogP contribution in [0.25, 0.3) is 0 Å². The number of likely N-dealkylation sites (tertiary alicyclic amines) is 1. The lowest BCUT2D eigenvalue weighted by molar-refractivity contribution is -0.119. The fourth-order valence-electron chi connectivity index (χ4n) is 4.95. The fraction of sp³-hybridized carbons (Fsp3) is 0.632. The molecule has 4 atom stereocenters. The Hall–Kier alpha value is -1.39. The third-order valence-electron chi connectivity index (χ3n) is 6.06. The molecule has 0 aromatic heterocycles. The Morgan fingerprint density at radius 1 is 1.26 bits per heavy atom. The first-order valence-electron chi connectivity index (χ1n) is 9.01. The number of amides is 1. The number of hydrogen-bond donors (Lipinski definition) is 1. The molecule has 124 valence electrons. The Morgan fingerprint density at radius 2 is 2.09 bits per heavy atom. The Labute approximate surface area is 138 Å². The van der Waals surface area contributed by atoms with Crippen LogP contribution >= 0.6 is 0 Å². The summed E-state index contributed by atoms with van der Waals surface area (Å²) in [6.07, 6.45) is 4.66. The summed E-state index contributed by atoms with van der Waals surface area (Å²) in [5, 5.41) is 0. The highest BCUT2D eigenvalue weighted by molar-refractivity contribution is 5.97. The van der Waals surface area contributed by atoms with Gasteiger partial charge in [0.05, 0.1) is 6.54 Å². The Morgan fingerprint density at radius 3 is 2.91 bits per heavy atom. The summed E-state index contributed by atoms with van der Waals surface area (Å²) < 4.78 is 0. The van der Waals surface area contributed by atoms with Crippen molar-refractivity contribution in [3.63, 3.8) is 0 Å². The van der Waals surface area contributed by atoms with Crippen molar-refractivity contribution in [1.82, 2.24) is 4.90 Å². The molecule has 4 heteroatoms. The van der Waals surface area contributed by atoms with Gasteiger partial charge in [0.15, 0.2) is 0 Å². The molecule has 0 bridgehead atoms.